The molecule has 0 aliphatic carbocycles. The fourth-order valence-electron chi connectivity index (χ4n) is 0.158. The highest BCUT2D eigenvalue weighted by atomic mass is 31.1. The van der Waals surface area contributed by atoms with Crippen LogP contribution in [0.1, 0.15) is 6.92 Å². The molecule has 1 atom stereocenters. The Balaban J connectivity index is 3.17. The van der Waals surface area contributed by atoms with Crippen molar-refractivity contribution in [1.29, 1.82) is 0 Å². The predicted molar refractivity (Wildman–Crippen MR) is 29.4 cm³/mol. The highest BCUT2D eigenvalue weighted by Gasteiger charge is 2.08. The van der Waals surface area contributed by atoms with Gasteiger partial charge in [-0.3, -0.25) is 4.52 Å². The molecule has 7 heavy (non-hydrogen) atoms. The molecule has 0 rings (SSSR count). The molecule has 0 radical (unpaired) electrons. The summed E-state index contributed by atoms with van der Waals surface area (Å²) in [7, 11) is -1.45. The van der Waals surface area contributed by atoms with Crippen LogP contribution in [-0.2, 0) is 9.09 Å². The van der Waals surface area contributed by atoms with Crippen LogP contribution in [0.5, 0.6) is 0 Å². The summed E-state index contributed by atoms with van der Waals surface area (Å²) in [6.45, 7) is 5.04. The van der Waals surface area contributed by atoms with Gasteiger partial charge in [0, 0.05) is 0 Å². The van der Waals surface area contributed by atoms with Gasteiger partial charge in [0.1, 0.15) is 6.26 Å². The third kappa shape index (κ3) is 3.47. The highest BCUT2D eigenvalue weighted by molar-refractivity contribution is 7.39. The first-order valence-electron chi connectivity index (χ1n) is 2.03. The van der Waals surface area contributed by atoms with Gasteiger partial charge in [0.25, 0.3) is 0 Å². The first-order valence-corrected chi connectivity index (χ1v) is 3.40. The Morgan fingerprint density at radius 2 is 2.57 bits per heavy atom. The molecule has 0 aromatic heterocycles. The summed E-state index contributed by atoms with van der Waals surface area (Å²) in [6, 6.07) is 0. The van der Waals surface area contributed by atoms with Crippen LogP contribution in [0.2, 0.25) is 0 Å². The van der Waals surface area contributed by atoms with E-state index in [-0.39, 0.29) is 0 Å². The van der Waals surface area contributed by atoms with E-state index >= 15 is 0 Å². The Morgan fingerprint density at radius 3 is 2.71 bits per heavy atom. The molecule has 0 spiro atoms. The van der Waals surface area contributed by atoms with E-state index in [4.69, 9.17) is 0 Å². The van der Waals surface area contributed by atoms with E-state index in [0.29, 0.717) is 6.16 Å². The van der Waals surface area contributed by atoms with Crippen molar-refractivity contribution in [2.75, 3.05) is 6.16 Å². The maximum Gasteiger partial charge on any atom is 0.555 e. The zero-order valence-corrected chi connectivity index (χ0v) is 5.15. The fraction of sp³-hybridized carbons (Fsp3) is 0.500. The Morgan fingerprint density at radius 1 is 2.00 bits per heavy atom. The molecule has 0 aliphatic rings. The number of hydrogen-bond acceptors (Lipinski definition) is 2. The third-order valence-corrected chi connectivity index (χ3v) is 1.35. The van der Waals surface area contributed by atoms with Crippen molar-refractivity contribution in [2.24, 2.45) is 0 Å². The van der Waals surface area contributed by atoms with Gasteiger partial charge in [-0.1, -0.05) is 6.58 Å². The molecule has 0 aromatic rings. The molecule has 0 amide bonds. The largest absolute Gasteiger partial charge is 0.555 e. The van der Waals surface area contributed by atoms with Gasteiger partial charge in [0.05, 0.1) is 0 Å². The van der Waals surface area contributed by atoms with Gasteiger partial charge in [0.2, 0.25) is 0 Å². The van der Waals surface area contributed by atoms with Crippen LogP contribution in [0.25, 0.3) is 0 Å². The standard InChI is InChI=1S/C4H8O2P/c1-3-6-7(5)4-2/h3H,1,4H2,2H3/q+1. The lowest BCUT2D eigenvalue weighted by atomic mass is 11.0. The first-order chi connectivity index (χ1) is 3.31. The van der Waals surface area contributed by atoms with Crippen LogP contribution in [0, 0.1) is 0 Å². The van der Waals surface area contributed by atoms with Gasteiger partial charge in [-0.05, 0) is 11.5 Å². The molecule has 2 nitrogen and oxygen atoms in total. The minimum atomic E-state index is -1.45. The Labute approximate surface area is 44.0 Å². The molecule has 1 unspecified atom stereocenters. The minimum Gasteiger partial charge on any atom is -0.263 e. The van der Waals surface area contributed by atoms with E-state index < -0.39 is 8.03 Å². The van der Waals surface area contributed by atoms with Gasteiger partial charge in [-0.25, -0.2) is 0 Å². The van der Waals surface area contributed by atoms with Crippen LogP contribution < -0.4 is 0 Å². The van der Waals surface area contributed by atoms with Crippen molar-refractivity contribution >= 4 is 8.03 Å². The molecule has 0 saturated carbocycles. The first kappa shape index (κ1) is 6.64. The zero-order chi connectivity index (χ0) is 5.70. The van der Waals surface area contributed by atoms with Crippen LogP contribution >= 0.6 is 8.03 Å². The Hall–Kier alpha value is -0.360. The van der Waals surface area contributed by atoms with E-state index in [1.807, 2.05) is 0 Å². The van der Waals surface area contributed by atoms with Crippen molar-refractivity contribution in [2.45, 2.75) is 6.92 Å². The second-order valence-corrected chi connectivity index (χ2v) is 2.43. The quantitative estimate of drug-likeness (QED) is 0.419. The van der Waals surface area contributed by atoms with E-state index in [9.17, 15) is 4.57 Å². The molecule has 0 saturated heterocycles. The molecule has 0 heterocycles. The molecule has 0 aromatic carbocycles. The molecular formula is C4H8O2P+. The highest BCUT2D eigenvalue weighted by Crippen LogP contribution is 2.19. The molecule has 3 heteroatoms. The van der Waals surface area contributed by atoms with E-state index in [1.54, 1.807) is 6.92 Å². The van der Waals surface area contributed by atoms with E-state index in [1.165, 1.54) is 6.26 Å². The van der Waals surface area contributed by atoms with E-state index in [2.05, 4.69) is 11.1 Å². The smallest absolute Gasteiger partial charge is 0.263 e. The topological polar surface area (TPSA) is 26.3 Å². The molecule has 0 bridgehead atoms. The molecule has 0 N–H and O–H groups in total. The van der Waals surface area contributed by atoms with Crippen molar-refractivity contribution in [3.63, 3.8) is 0 Å². The van der Waals surface area contributed by atoms with Crippen LogP contribution in [0.3, 0.4) is 0 Å². The van der Waals surface area contributed by atoms with E-state index in [0.717, 1.165) is 0 Å². The lowest BCUT2D eigenvalue weighted by molar-refractivity contribution is 0.465. The van der Waals surface area contributed by atoms with Crippen molar-refractivity contribution in [1.82, 2.24) is 0 Å². The summed E-state index contributed by atoms with van der Waals surface area (Å²) in [6.07, 6.45) is 1.75. The van der Waals surface area contributed by atoms with Gasteiger partial charge in [-0.15, -0.1) is 0 Å². The summed E-state index contributed by atoms with van der Waals surface area (Å²) < 4.78 is 14.7. The molecule has 0 fully saturated rings. The summed E-state index contributed by atoms with van der Waals surface area (Å²) in [4.78, 5) is 0. The third-order valence-electron chi connectivity index (χ3n) is 0.450. The average molecular weight is 119 g/mol. The Bertz CT molecular complexity index is 79.8. The second-order valence-electron chi connectivity index (χ2n) is 0.921. The normalized spacial score (nSPS) is 10.1. The minimum absolute atomic E-state index is 0.557. The maximum atomic E-state index is 10.3. The monoisotopic (exact) mass is 119 g/mol. The zero-order valence-electron chi connectivity index (χ0n) is 4.26. The van der Waals surface area contributed by atoms with Gasteiger partial charge in [-0.2, -0.15) is 0 Å². The lowest BCUT2D eigenvalue weighted by Gasteiger charge is -1.72. The molecule has 0 aliphatic heterocycles. The molecule has 40 valence electrons. The van der Waals surface area contributed by atoms with Crippen molar-refractivity contribution < 1.29 is 9.09 Å². The average Bonchev–Trinajstić information content (AvgIpc) is 1.68. The van der Waals surface area contributed by atoms with Gasteiger partial charge in [0.15, 0.2) is 6.16 Å². The summed E-state index contributed by atoms with van der Waals surface area (Å²) in [5.41, 5.74) is 0. The fourth-order valence-corrected chi connectivity index (χ4v) is 0.473. The summed E-state index contributed by atoms with van der Waals surface area (Å²) in [5.74, 6) is 0. The maximum absolute atomic E-state index is 10.3. The van der Waals surface area contributed by atoms with Crippen molar-refractivity contribution in [3.8, 4) is 0 Å². The van der Waals surface area contributed by atoms with Crippen LogP contribution in [0.4, 0.5) is 0 Å². The van der Waals surface area contributed by atoms with Crippen molar-refractivity contribution in [3.05, 3.63) is 12.8 Å². The van der Waals surface area contributed by atoms with Gasteiger partial charge < -0.3 is 0 Å². The number of hydrogen-bond donors (Lipinski definition) is 0. The SMILES string of the molecule is C=CO[P+](=O)CC. The summed E-state index contributed by atoms with van der Waals surface area (Å²) >= 11 is 0. The van der Waals surface area contributed by atoms with Crippen LogP contribution in [0.15, 0.2) is 12.8 Å². The Kier molecular flexibility index (Phi) is 3.62. The number of rotatable bonds is 3. The van der Waals surface area contributed by atoms with Crippen LogP contribution in [-0.4, -0.2) is 6.16 Å². The van der Waals surface area contributed by atoms with Gasteiger partial charge >= 0.3 is 8.03 Å². The summed E-state index contributed by atoms with van der Waals surface area (Å²) in [5, 5.41) is 0. The predicted octanol–water partition coefficient (Wildman–Crippen LogP) is 1.91. The lowest BCUT2D eigenvalue weighted by Crippen LogP contribution is -1.65. The second kappa shape index (κ2) is 3.82. The molecular weight excluding hydrogens is 111 g/mol.